The molecule has 1 fully saturated rings. The molecule has 21 heavy (non-hydrogen) atoms. The van der Waals surface area contributed by atoms with Crippen LogP contribution in [0, 0.1) is 5.92 Å². The highest BCUT2D eigenvalue weighted by atomic mass is 16.5. The van der Waals surface area contributed by atoms with Crippen molar-refractivity contribution in [2.45, 2.75) is 58.7 Å². The van der Waals surface area contributed by atoms with E-state index in [9.17, 15) is 0 Å². The first-order chi connectivity index (χ1) is 10.2. The maximum Gasteiger partial charge on any atom is 0.161 e. The van der Waals surface area contributed by atoms with Crippen LogP contribution >= 0.6 is 0 Å². The molecule has 1 aliphatic heterocycles. The summed E-state index contributed by atoms with van der Waals surface area (Å²) in [4.78, 5) is 0. The molecule has 0 bridgehead atoms. The Labute approximate surface area is 128 Å². The molecule has 3 unspecified atom stereocenters. The molecule has 0 radical (unpaired) electrons. The molecule has 5 heteroatoms. The van der Waals surface area contributed by atoms with Crippen molar-refractivity contribution in [2.24, 2.45) is 5.92 Å². The van der Waals surface area contributed by atoms with E-state index in [1.54, 1.807) is 7.11 Å². The van der Waals surface area contributed by atoms with Crippen LogP contribution in [0.25, 0.3) is 0 Å². The van der Waals surface area contributed by atoms with Gasteiger partial charge in [0, 0.05) is 13.2 Å². The third kappa shape index (κ3) is 3.58. The van der Waals surface area contributed by atoms with Crippen molar-refractivity contribution >= 4 is 0 Å². The number of nitrogens with one attached hydrogen (secondary N) is 1. The minimum atomic E-state index is 0.145. The van der Waals surface area contributed by atoms with Crippen LogP contribution in [0.4, 0.5) is 0 Å². The quantitative estimate of drug-likeness (QED) is 0.801. The van der Waals surface area contributed by atoms with Crippen LogP contribution in [-0.4, -0.2) is 36.1 Å². The van der Waals surface area contributed by atoms with E-state index < -0.39 is 0 Å². The number of hydrogen-bond acceptors (Lipinski definition) is 4. The van der Waals surface area contributed by atoms with Gasteiger partial charge in [-0.15, -0.1) is 0 Å². The fourth-order valence-electron chi connectivity index (χ4n) is 3.05. The fourth-order valence-corrected chi connectivity index (χ4v) is 3.05. The Morgan fingerprint density at radius 1 is 1.48 bits per heavy atom. The van der Waals surface area contributed by atoms with Crippen molar-refractivity contribution in [1.82, 2.24) is 15.1 Å². The number of methoxy groups -OCH3 is 1. The van der Waals surface area contributed by atoms with Crippen molar-refractivity contribution in [1.29, 1.82) is 0 Å². The zero-order chi connectivity index (χ0) is 15.2. The molecule has 5 nitrogen and oxygen atoms in total. The summed E-state index contributed by atoms with van der Waals surface area (Å²) >= 11 is 0. The van der Waals surface area contributed by atoms with Crippen molar-refractivity contribution in [3.8, 4) is 5.75 Å². The van der Waals surface area contributed by atoms with Gasteiger partial charge in [0.25, 0.3) is 0 Å². The largest absolute Gasteiger partial charge is 0.493 e. The second-order valence-electron chi connectivity index (χ2n) is 5.85. The van der Waals surface area contributed by atoms with Gasteiger partial charge in [-0.1, -0.05) is 20.8 Å². The highest BCUT2D eigenvalue weighted by Crippen LogP contribution is 2.35. The Kier molecular flexibility index (Phi) is 6.06. The number of aromatic nitrogens is 2. The molecular weight excluding hydrogens is 266 g/mol. The first-order valence-electron chi connectivity index (χ1n) is 8.17. The van der Waals surface area contributed by atoms with E-state index in [0.29, 0.717) is 5.92 Å². The lowest BCUT2D eigenvalue weighted by Gasteiger charge is -2.28. The first-order valence-corrected chi connectivity index (χ1v) is 8.17. The molecule has 1 aromatic rings. The molecular formula is C16H29N3O2. The van der Waals surface area contributed by atoms with E-state index in [0.717, 1.165) is 50.4 Å². The molecule has 1 aliphatic rings. The predicted molar refractivity (Wildman–Crippen MR) is 83.6 cm³/mol. The lowest BCUT2D eigenvalue weighted by atomic mass is 9.95. The highest BCUT2D eigenvalue weighted by molar-refractivity contribution is 5.29. The number of nitrogens with zero attached hydrogens (tertiary/aromatic N) is 2. The van der Waals surface area contributed by atoms with Crippen LogP contribution in [0.1, 0.15) is 51.8 Å². The molecule has 2 rings (SSSR count). The Balaban J connectivity index is 2.32. The summed E-state index contributed by atoms with van der Waals surface area (Å²) in [5.74, 6) is 1.41. The number of hydrogen-bond donors (Lipinski definition) is 1. The molecule has 0 aromatic carbocycles. The zero-order valence-corrected chi connectivity index (χ0v) is 13.8. The van der Waals surface area contributed by atoms with Gasteiger partial charge in [0.15, 0.2) is 5.75 Å². The van der Waals surface area contributed by atoms with Gasteiger partial charge in [0.2, 0.25) is 0 Å². The molecule has 2 heterocycles. The number of ether oxygens (including phenoxy) is 2. The summed E-state index contributed by atoms with van der Waals surface area (Å²) in [7, 11) is 1.71. The SMILES string of the molecule is CCCNC(c1c(OC)cnn1CCC)C1OCCC1C. The molecule has 1 saturated heterocycles. The lowest BCUT2D eigenvalue weighted by Crippen LogP contribution is -2.37. The maximum atomic E-state index is 6.02. The second kappa shape index (κ2) is 7.80. The fraction of sp³-hybridized carbons (Fsp3) is 0.812. The van der Waals surface area contributed by atoms with Crippen LogP contribution in [0.15, 0.2) is 6.20 Å². The van der Waals surface area contributed by atoms with Gasteiger partial charge in [-0.2, -0.15) is 5.10 Å². The third-order valence-corrected chi connectivity index (χ3v) is 4.18. The molecule has 0 saturated carbocycles. The van der Waals surface area contributed by atoms with E-state index in [-0.39, 0.29) is 12.1 Å². The monoisotopic (exact) mass is 295 g/mol. The summed E-state index contributed by atoms with van der Waals surface area (Å²) in [6.07, 6.45) is 5.30. The lowest BCUT2D eigenvalue weighted by molar-refractivity contribution is 0.0570. The second-order valence-corrected chi connectivity index (χ2v) is 5.85. The maximum absolute atomic E-state index is 6.02. The van der Waals surface area contributed by atoms with Gasteiger partial charge in [-0.05, 0) is 31.7 Å². The van der Waals surface area contributed by atoms with Crippen LogP contribution in [0.2, 0.25) is 0 Å². The van der Waals surface area contributed by atoms with Crippen LogP contribution in [-0.2, 0) is 11.3 Å². The molecule has 0 spiro atoms. The van der Waals surface area contributed by atoms with Crippen LogP contribution in [0.5, 0.6) is 5.75 Å². The van der Waals surface area contributed by atoms with Crippen molar-refractivity contribution in [2.75, 3.05) is 20.3 Å². The summed E-state index contributed by atoms with van der Waals surface area (Å²) in [6.45, 7) is 9.35. The van der Waals surface area contributed by atoms with Crippen molar-refractivity contribution in [3.05, 3.63) is 11.9 Å². The molecule has 0 aliphatic carbocycles. The standard InChI is InChI=1S/C16H29N3O2/c1-5-8-17-14(16-12(3)7-10-21-16)15-13(20-4)11-18-19(15)9-6-2/h11-12,14,16-17H,5-10H2,1-4H3. The van der Waals surface area contributed by atoms with Gasteiger partial charge in [0.05, 0.1) is 31.1 Å². The van der Waals surface area contributed by atoms with Gasteiger partial charge < -0.3 is 14.8 Å². The molecule has 0 amide bonds. The van der Waals surface area contributed by atoms with Gasteiger partial charge in [0.1, 0.15) is 0 Å². The Bertz CT molecular complexity index is 433. The minimum Gasteiger partial charge on any atom is -0.493 e. The van der Waals surface area contributed by atoms with E-state index in [2.05, 4.69) is 35.9 Å². The smallest absolute Gasteiger partial charge is 0.161 e. The van der Waals surface area contributed by atoms with Crippen molar-refractivity contribution in [3.63, 3.8) is 0 Å². The zero-order valence-electron chi connectivity index (χ0n) is 13.8. The van der Waals surface area contributed by atoms with Crippen LogP contribution in [0.3, 0.4) is 0 Å². The van der Waals surface area contributed by atoms with E-state index in [1.165, 1.54) is 0 Å². The van der Waals surface area contributed by atoms with Crippen LogP contribution < -0.4 is 10.1 Å². The predicted octanol–water partition coefficient (Wildman–Crippen LogP) is 2.77. The Morgan fingerprint density at radius 2 is 2.29 bits per heavy atom. The topological polar surface area (TPSA) is 48.3 Å². The van der Waals surface area contributed by atoms with E-state index >= 15 is 0 Å². The Hall–Kier alpha value is -1.07. The summed E-state index contributed by atoms with van der Waals surface area (Å²) in [5, 5.41) is 8.15. The molecule has 1 N–H and O–H groups in total. The molecule has 120 valence electrons. The first kappa shape index (κ1) is 16.3. The van der Waals surface area contributed by atoms with Gasteiger partial charge in [-0.3, -0.25) is 4.68 Å². The number of rotatable bonds is 8. The summed E-state index contributed by atoms with van der Waals surface area (Å²) in [5.41, 5.74) is 1.13. The molecule has 1 aromatic heterocycles. The Morgan fingerprint density at radius 3 is 2.86 bits per heavy atom. The average molecular weight is 295 g/mol. The normalized spacial score (nSPS) is 23.4. The van der Waals surface area contributed by atoms with Gasteiger partial charge >= 0.3 is 0 Å². The number of aryl methyl sites for hydroxylation is 1. The van der Waals surface area contributed by atoms with E-state index in [4.69, 9.17) is 9.47 Å². The van der Waals surface area contributed by atoms with E-state index in [1.807, 2.05) is 6.20 Å². The van der Waals surface area contributed by atoms with Crippen molar-refractivity contribution < 1.29 is 9.47 Å². The highest BCUT2D eigenvalue weighted by Gasteiger charge is 2.36. The van der Waals surface area contributed by atoms with Gasteiger partial charge in [-0.25, -0.2) is 0 Å². The summed E-state index contributed by atoms with van der Waals surface area (Å²) < 4.78 is 13.6. The molecule has 3 atom stereocenters. The summed E-state index contributed by atoms with van der Waals surface area (Å²) in [6, 6.07) is 0.145. The average Bonchev–Trinajstić information content (AvgIpc) is 3.08. The third-order valence-electron chi connectivity index (χ3n) is 4.18. The minimum absolute atomic E-state index is 0.145.